The molecule has 0 spiro atoms. The SMILES string of the molecule is COc1cc(/C=N\NC(=O)C(=O)Nc2c(C)cccc2C)ccc1OCC(=O)Nc1ccccc1C. The molecule has 0 saturated carbocycles. The van der Waals surface area contributed by atoms with Gasteiger partial charge in [0.25, 0.3) is 5.91 Å². The molecular weight excluding hydrogens is 460 g/mol. The van der Waals surface area contributed by atoms with Crippen molar-refractivity contribution in [2.75, 3.05) is 24.4 Å². The number of carbonyl (C=O) groups excluding carboxylic acids is 3. The van der Waals surface area contributed by atoms with E-state index in [-0.39, 0.29) is 12.5 Å². The Bertz CT molecular complexity index is 1280. The number of nitrogens with one attached hydrogen (secondary N) is 3. The van der Waals surface area contributed by atoms with E-state index in [0.29, 0.717) is 22.7 Å². The summed E-state index contributed by atoms with van der Waals surface area (Å²) in [4.78, 5) is 36.6. The number of benzene rings is 3. The first-order chi connectivity index (χ1) is 17.3. The zero-order valence-electron chi connectivity index (χ0n) is 20.5. The molecule has 0 aliphatic heterocycles. The van der Waals surface area contributed by atoms with Crippen molar-refractivity contribution in [3.63, 3.8) is 0 Å². The largest absolute Gasteiger partial charge is 0.493 e. The van der Waals surface area contributed by atoms with Crippen LogP contribution < -0.4 is 25.5 Å². The van der Waals surface area contributed by atoms with Crippen LogP contribution in [0.4, 0.5) is 11.4 Å². The molecule has 9 heteroatoms. The van der Waals surface area contributed by atoms with E-state index in [9.17, 15) is 14.4 Å². The standard InChI is InChI=1S/C27H28N4O5/c1-17-8-5-6-11-21(17)29-24(32)16-36-22-13-12-20(14-23(22)35-4)15-28-31-27(34)26(33)30-25-18(2)9-7-10-19(25)3/h5-15H,16H2,1-4H3,(H,29,32)(H,30,33)(H,31,34)/b28-15-. The summed E-state index contributed by atoms with van der Waals surface area (Å²) >= 11 is 0. The topological polar surface area (TPSA) is 118 Å². The summed E-state index contributed by atoms with van der Waals surface area (Å²) in [6.07, 6.45) is 1.36. The van der Waals surface area contributed by atoms with Crippen LogP contribution in [0, 0.1) is 20.8 Å². The van der Waals surface area contributed by atoms with Gasteiger partial charge in [0.05, 0.1) is 13.3 Å². The monoisotopic (exact) mass is 488 g/mol. The minimum Gasteiger partial charge on any atom is -0.493 e. The number of rotatable bonds is 8. The third-order valence-corrected chi connectivity index (χ3v) is 5.27. The van der Waals surface area contributed by atoms with E-state index >= 15 is 0 Å². The molecule has 0 heterocycles. The Hall–Kier alpha value is -4.66. The molecule has 0 aromatic heterocycles. The quantitative estimate of drug-likeness (QED) is 0.254. The summed E-state index contributed by atoms with van der Waals surface area (Å²) in [5, 5.41) is 9.24. The summed E-state index contributed by atoms with van der Waals surface area (Å²) in [5.74, 6) is -1.29. The van der Waals surface area contributed by atoms with Crippen LogP contribution >= 0.6 is 0 Å². The van der Waals surface area contributed by atoms with Gasteiger partial charge in [0.1, 0.15) is 0 Å². The molecule has 0 radical (unpaired) electrons. The number of aryl methyl sites for hydroxylation is 3. The first-order valence-electron chi connectivity index (χ1n) is 11.2. The van der Waals surface area contributed by atoms with E-state index in [0.717, 1.165) is 22.4 Å². The van der Waals surface area contributed by atoms with E-state index in [2.05, 4.69) is 21.2 Å². The van der Waals surface area contributed by atoms with Crippen molar-refractivity contribution in [1.29, 1.82) is 0 Å². The molecular formula is C27H28N4O5. The van der Waals surface area contributed by atoms with E-state index in [1.54, 1.807) is 18.2 Å². The second-order valence-corrected chi connectivity index (χ2v) is 7.98. The van der Waals surface area contributed by atoms with Crippen LogP contribution in [0.2, 0.25) is 0 Å². The molecule has 0 saturated heterocycles. The van der Waals surface area contributed by atoms with Crippen LogP contribution in [-0.4, -0.2) is 37.7 Å². The van der Waals surface area contributed by atoms with Crippen molar-refractivity contribution in [3.8, 4) is 11.5 Å². The van der Waals surface area contributed by atoms with Gasteiger partial charge < -0.3 is 20.1 Å². The zero-order valence-corrected chi connectivity index (χ0v) is 20.5. The maximum atomic E-state index is 12.2. The number of nitrogens with zero attached hydrogens (tertiary/aromatic N) is 1. The molecule has 186 valence electrons. The van der Waals surface area contributed by atoms with Crippen molar-refractivity contribution >= 4 is 35.3 Å². The highest BCUT2D eigenvalue weighted by Crippen LogP contribution is 2.27. The van der Waals surface area contributed by atoms with E-state index < -0.39 is 11.8 Å². The van der Waals surface area contributed by atoms with Crippen molar-refractivity contribution in [2.24, 2.45) is 5.10 Å². The Kier molecular flexibility index (Phi) is 8.77. The highest BCUT2D eigenvalue weighted by molar-refractivity contribution is 6.39. The Labute approximate surface area is 209 Å². The summed E-state index contributed by atoms with van der Waals surface area (Å²) in [6, 6.07) is 17.9. The Morgan fingerprint density at radius 2 is 1.53 bits per heavy atom. The molecule has 0 atom stereocenters. The average Bonchev–Trinajstić information content (AvgIpc) is 2.86. The number of methoxy groups -OCH3 is 1. The highest BCUT2D eigenvalue weighted by Gasteiger charge is 2.15. The zero-order chi connectivity index (χ0) is 26.1. The molecule has 3 rings (SSSR count). The Morgan fingerprint density at radius 1 is 0.833 bits per heavy atom. The van der Waals surface area contributed by atoms with Gasteiger partial charge in [-0.1, -0.05) is 36.4 Å². The van der Waals surface area contributed by atoms with E-state index in [4.69, 9.17) is 9.47 Å². The fourth-order valence-electron chi connectivity index (χ4n) is 3.32. The Morgan fingerprint density at radius 3 is 2.22 bits per heavy atom. The molecule has 3 aromatic rings. The lowest BCUT2D eigenvalue weighted by Gasteiger charge is -2.12. The van der Waals surface area contributed by atoms with Gasteiger partial charge in [-0.05, 0) is 67.3 Å². The van der Waals surface area contributed by atoms with Gasteiger partial charge in [-0.3, -0.25) is 14.4 Å². The van der Waals surface area contributed by atoms with Gasteiger partial charge in [-0.2, -0.15) is 5.10 Å². The molecule has 3 N–H and O–H groups in total. The third-order valence-electron chi connectivity index (χ3n) is 5.27. The molecule has 0 fully saturated rings. The molecule has 0 bridgehead atoms. The number of carbonyl (C=O) groups is 3. The van der Waals surface area contributed by atoms with Gasteiger partial charge in [0.15, 0.2) is 18.1 Å². The van der Waals surface area contributed by atoms with E-state index in [1.807, 2.05) is 63.2 Å². The van der Waals surface area contributed by atoms with Crippen LogP contribution in [-0.2, 0) is 14.4 Å². The van der Waals surface area contributed by atoms with E-state index in [1.165, 1.54) is 13.3 Å². The second-order valence-electron chi connectivity index (χ2n) is 7.98. The highest BCUT2D eigenvalue weighted by atomic mass is 16.5. The number of para-hydroxylation sites is 2. The van der Waals surface area contributed by atoms with Gasteiger partial charge in [-0.25, -0.2) is 5.43 Å². The summed E-state index contributed by atoms with van der Waals surface area (Å²) in [6.45, 7) is 5.38. The molecule has 3 amide bonds. The molecule has 9 nitrogen and oxygen atoms in total. The number of anilines is 2. The van der Waals surface area contributed by atoms with Gasteiger partial charge in [0, 0.05) is 11.4 Å². The summed E-state index contributed by atoms with van der Waals surface area (Å²) < 4.78 is 10.9. The van der Waals surface area contributed by atoms with Crippen LogP contribution in [0.1, 0.15) is 22.3 Å². The second kappa shape index (κ2) is 12.2. The fraction of sp³-hybridized carbons (Fsp3) is 0.185. The first kappa shape index (κ1) is 26.0. The normalized spacial score (nSPS) is 10.6. The fourth-order valence-corrected chi connectivity index (χ4v) is 3.32. The molecule has 3 aromatic carbocycles. The summed E-state index contributed by atoms with van der Waals surface area (Å²) in [7, 11) is 1.47. The van der Waals surface area contributed by atoms with Gasteiger partial charge >= 0.3 is 11.8 Å². The third kappa shape index (κ3) is 6.92. The van der Waals surface area contributed by atoms with Crippen molar-refractivity contribution in [1.82, 2.24) is 5.43 Å². The smallest absolute Gasteiger partial charge is 0.329 e. The van der Waals surface area contributed by atoms with Gasteiger partial charge in [0.2, 0.25) is 0 Å². The van der Waals surface area contributed by atoms with Crippen LogP contribution in [0.15, 0.2) is 65.8 Å². The lowest BCUT2D eigenvalue weighted by molar-refractivity contribution is -0.136. The van der Waals surface area contributed by atoms with Crippen LogP contribution in [0.5, 0.6) is 11.5 Å². The number of ether oxygens (including phenoxy) is 2. The maximum absolute atomic E-state index is 12.2. The lowest BCUT2D eigenvalue weighted by atomic mass is 10.1. The van der Waals surface area contributed by atoms with Crippen molar-refractivity contribution < 1.29 is 23.9 Å². The number of hydrogen-bond acceptors (Lipinski definition) is 6. The predicted molar refractivity (Wildman–Crippen MR) is 139 cm³/mol. The van der Waals surface area contributed by atoms with Crippen LogP contribution in [0.3, 0.4) is 0 Å². The number of amides is 3. The van der Waals surface area contributed by atoms with Gasteiger partial charge in [-0.15, -0.1) is 0 Å². The first-order valence-corrected chi connectivity index (χ1v) is 11.2. The molecule has 0 aliphatic carbocycles. The average molecular weight is 489 g/mol. The van der Waals surface area contributed by atoms with Crippen molar-refractivity contribution in [3.05, 3.63) is 82.9 Å². The van der Waals surface area contributed by atoms with Crippen molar-refractivity contribution in [2.45, 2.75) is 20.8 Å². The minimum atomic E-state index is -0.902. The molecule has 36 heavy (non-hydrogen) atoms. The Balaban J connectivity index is 1.55. The summed E-state index contributed by atoms with van der Waals surface area (Å²) in [5.41, 5.74) is 6.74. The maximum Gasteiger partial charge on any atom is 0.329 e. The van der Waals surface area contributed by atoms with Crippen LogP contribution in [0.25, 0.3) is 0 Å². The minimum absolute atomic E-state index is 0.205. The molecule has 0 aliphatic rings. The number of hydrazone groups is 1. The lowest BCUT2D eigenvalue weighted by Crippen LogP contribution is -2.32. The predicted octanol–water partition coefficient (Wildman–Crippen LogP) is 3.73. The molecule has 0 unspecified atom stereocenters. The number of hydrogen-bond donors (Lipinski definition) is 3.